The topological polar surface area (TPSA) is 69.4 Å². The molecule has 0 amide bonds. The lowest BCUT2D eigenvalue weighted by atomic mass is 9.95. The molecule has 0 radical (unpaired) electrons. The third kappa shape index (κ3) is 3.81. The molecule has 6 heteroatoms. The predicted octanol–water partition coefficient (Wildman–Crippen LogP) is 1.66. The normalized spacial score (nSPS) is 29.9. The maximum atomic E-state index is 5.63. The van der Waals surface area contributed by atoms with Crippen LogP contribution in [0, 0.1) is 0 Å². The lowest BCUT2D eigenvalue weighted by Gasteiger charge is -2.29. The molecule has 1 aromatic heterocycles. The van der Waals surface area contributed by atoms with Crippen molar-refractivity contribution >= 4 is 0 Å². The summed E-state index contributed by atoms with van der Waals surface area (Å²) in [7, 11) is 0. The molecule has 21 heavy (non-hydrogen) atoms. The van der Waals surface area contributed by atoms with E-state index < -0.39 is 0 Å². The molecule has 3 rings (SSSR count). The van der Waals surface area contributed by atoms with E-state index in [1.165, 1.54) is 0 Å². The quantitative estimate of drug-likeness (QED) is 0.861. The van der Waals surface area contributed by atoms with Crippen molar-refractivity contribution in [2.75, 3.05) is 26.4 Å². The Labute approximate surface area is 125 Å². The van der Waals surface area contributed by atoms with Crippen molar-refractivity contribution in [1.29, 1.82) is 0 Å². The fourth-order valence-electron chi connectivity index (χ4n) is 3.07. The summed E-state index contributed by atoms with van der Waals surface area (Å²) in [4.78, 5) is 4.58. The average molecular weight is 295 g/mol. The maximum absolute atomic E-state index is 5.63. The number of hydrogen-bond donors (Lipinski definition) is 1. The predicted molar refractivity (Wildman–Crippen MR) is 77.2 cm³/mol. The monoisotopic (exact) mass is 295 g/mol. The van der Waals surface area contributed by atoms with Gasteiger partial charge in [-0.2, -0.15) is 4.98 Å². The third-order valence-electron chi connectivity index (χ3n) is 4.25. The van der Waals surface area contributed by atoms with Crippen molar-refractivity contribution < 1.29 is 14.0 Å². The van der Waals surface area contributed by atoms with E-state index in [2.05, 4.69) is 22.4 Å². The minimum Gasteiger partial charge on any atom is -0.381 e. The molecule has 0 bridgehead atoms. The minimum atomic E-state index is 0.163. The molecule has 2 saturated heterocycles. The highest BCUT2D eigenvalue weighted by molar-refractivity contribution is 5.02. The molecule has 1 aromatic rings. The summed E-state index contributed by atoms with van der Waals surface area (Å²) >= 11 is 0. The number of aromatic nitrogens is 2. The lowest BCUT2D eigenvalue weighted by molar-refractivity contribution is 0.0498. The molecule has 118 valence electrons. The second-order valence-electron chi connectivity index (χ2n) is 5.92. The molecule has 0 aliphatic carbocycles. The van der Waals surface area contributed by atoms with Gasteiger partial charge in [-0.1, -0.05) is 12.1 Å². The molecule has 0 aromatic carbocycles. The van der Waals surface area contributed by atoms with Crippen LogP contribution in [-0.2, 0) is 15.9 Å². The zero-order valence-electron chi connectivity index (χ0n) is 12.7. The van der Waals surface area contributed by atoms with Crippen molar-refractivity contribution in [3.05, 3.63) is 11.7 Å². The second kappa shape index (κ2) is 7.33. The van der Waals surface area contributed by atoms with Crippen molar-refractivity contribution in [3.63, 3.8) is 0 Å². The average Bonchev–Trinajstić information content (AvgIpc) is 3.18. The first-order valence-electron chi connectivity index (χ1n) is 8.12. The molecule has 0 saturated carbocycles. The fraction of sp³-hybridized carbons (Fsp3) is 0.867. The van der Waals surface area contributed by atoms with Crippen LogP contribution >= 0.6 is 0 Å². The second-order valence-corrected chi connectivity index (χ2v) is 5.92. The molecular weight excluding hydrogens is 270 g/mol. The van der Waals surface area contributed by atoms with Crippen LogP contribution in [0.25, 0.3) is 0 Å². The van der Waals surface area contributed by atoms with Gasteiger partial charge in [0.15, 0.2) is 5.82 Å². The van der Waals surface area contributed by atoms with E-state index in [0.29, 0.717) is 18.5 Å². The van der Waals surface area contributed by atoms with E-state index in [1.807, 2.05) is 0 Å². The molecule has 2 aliphatic rings. The zero-order chi connectivity index (χ0) is 14.5. The smallest absolute Gasteiger partial charge is 0.233 e. The summed E-state index contributed by atoms with van der Waals surface area (Å²) in [6, 6.07) is 0.370. The highest BCUT2D eigenvalue weighted by atomic mass is 16.5. The summed E-state index contributed by atoms with van der Waals surface area (Å²) in [5, 5.41) is 7.69. The van der Waals surface area contributed by atoms with E-state index in [4.69, 9.17) is 14.0 Å². The van der Waals surface area contributed by atoms with Gasteiger partial charge in [-0.25, -0.2) is 0 Å². The van der Waals surface area contributed by atoms with Gasteiger partial charge in [0.2, 0.25) is 5.89 Å². The summed E-state index contributed by atoms with van der Waals surface area (Å²) in [5.41, 5.74) is 0. The van der Waals surface area contributed by atoms with Crippen LogP contribution in [0.2, 0.25) is 0 Å². The van der Waals surface area contributed by atoms with Gasteiger partial charge in [-0.05, 0) is 32.2 Å². The van der Waals surface area contributed by atoms with Gasteiger partial charge in [0.1, 0.15) is 0 Å². The zero-order valence-corrected chi connectivity index (χ0v) is 12.7. The number of nitrogens with one attached hydrogen (secondary N) is 1. The Kier molecular flexibility index (Phi) is 5.22. The Morgan fingerprint density at radius 3 is 3.05 bits per heavy atom. The van der Waals surface area contributed by atoms with Crippen molar-refractivity contribution in [2.45, 2.75) is 57.1 Å². The van der Waals surface area contributed by atoms with Crippen LogP contribution in [0.1, 0.15) is 50.2 Å². The minimum absolute atomic E-state index is 0.163. The first-order valence-corrected chi connectivity index (χ1v) is 8.12. The van der Waals surface area contributed by atoms with Gasteiger partial charge in [0, 0.05) is 25.7 Å². The summed E-state index contributed by atoms with van der Waals surface area (Å²) in [5.74, 6) is 1.63. The Bertz CT molecular complexity index is 432. The standard InChI is InChI=1S/C15H25N3O3/c1-2-6-16-13-5-8-19-10-12(13)15-17-14(18-21-15)9-11-4-3-7-20-11/h11-13,16H,2-10H2,1H3. The van der Waals surface area contributed by atoms with Crippen LogP contribution < -0.4 is 5.32 Å². The van der Waals surface area contributed by atoms with Gasteiger partial charge in [-0.15, -0.1) is 0 Å². The lowest BCUT2D eigenvalue weighted by Crippen LogP contribution is -2.41. The highest BCUT2D eigenvalue weighted by Gasteiger charge is 2.31. The molecule has 0 spiro atoms. The van der Waals surface area contributed by atoms with Crippen LogP contribution in [0.4, 0.5) is 0 Å². The number of hydrogen-bond acceptors (Lipinski definition) is 6. The molecule has 3 heterocycles. The summed E-state index contributed by atoms with van der Waals surface area (Å²) in [6.45, 7) is 5.50. The van der Waals surface area contributed by atoms with E-state index in [9.17, 15) is 0 Å². The first kappa shape index (κ1) is 14.9. The van der Waals surface area contributed by atoms with E-state index >= 15 is 0 Å². The van der Waals surface area contributed by atoms with Crippen molar-refractivity contribution in [2.24, 2.45) is 0 Å². The van der Waals surface area contributed by atoms with Crippen molar-refractivity contribution in [1.82, 2.24) is 15.5 Å². The maximum Gasteiger partial charge on any atom is 0.233 e. The van der Waals surface area contributed by atoms with Crippen LogP contribution in [0.15, 0.2) is 4.52 Å². The molecule has 2 aliphatic heterocycles. The SMILES string of the molecule is CCCNC1CCOCC1c1nc(CC2CCCO2)no1. The van der Waals surface area contributed by atoms with Crippen LogP contribution in [-0.4, -0.2) is 48.7 Å². The first-order chi connectivity index (χ1) is 10.4. The number of rotatable bonds is 6. The fourth-order valence-corrected chi connectivity index (χ4v) is 3.07. The Morgan fingerprint density at radius 2 is 2.24 bits per heavy atom. The van der Waals surface area contributed by atoms with Gasteiger partial charge in [-0.3, -0.25) is 0 Å². The van der Waals surface area contributed by atoms with Crippen LogP contribution in [0.3, 0.4) is 0 Å². The van der Waals surface area contributed by atoms with E-state index in [0.717, 1.165) is 57.7 Å². The van der Waals surface area contributed by atoms with Gasteiger partial charge in [0.05, 0.1) is 18.6 Å². The molecular formula is C15H25N3O3. The van der Waals surface area contributed by atoms with Gasteiger partial charge in [0.25, 0.3) is 0 Å². The molecule has 3 atom stereocenters. The van der Waals surface area contributed by atoms with Crippen LogP contribution in [0.5, 0.6) is 0 Å². The van der Waals surface area contributed by atoms with Gasteiger partial charge < -0.3 is 19.3 Å². The summed E-state index contributed by atoms with van der Waals surface area (Å²) < 4.78 is 16.7. The number of ether oxygens (including phenoxy) is 2. The molecule has 3 unspecified atom stereocenters. The Balaban J connectivity index is 1.62. The summed E-state index contributed by atoms with van der Waals surface area (Å²) in [6.07, 6.45) is 5.36. The van der Waals surface area contributed by atoms with E-state index in [1.54, 1.807) is 0 Å². The largest absolute Gasteiger partial charge is 0.381 e. The Morgan fingerprint density at radius 1 is 1.29 bits per heavy atom. The van der Waals surface area contributed by atoms with Crippen molar-refractivity contribution in [3.8, 4) is 0 Å². The molecule has 2 fully saturated rings. The van der Waals surface area contributed by atoms with Gasteiger partial charge >= 0.3 is 0 Å². The number of nitrogens with zero attached hydrogens (tertiary/aromatic N) is 2. The van der Waals surface area contributed by atoms with E-state index in [-0.39, 0.29) is 12.0 Å². The Hall–Kier alpha value is -0.980. The highest BCUT2D eigenvalue weighted by Crippen LogP contribution is 2.25. The molecule has 1 N–H and O–H groups in total. The molecule has 6 nitrogen and oxygen atoms in total. The third-order valence-corrected chi connectivity index (χ3v) is 4.25.